The molecule has 178 valence electrons. The number of anilines is 1. The first kappa shape index (κ1) is 23.0. The number of sulfonamides is 1. The average molecular weight is 495 g/mol. The predicted molar refractivity (Wildman–Crippen MR) is 134 cm³/mol. The Bertz CT molecular complexity index is 1650. The Morgan fingerprint density at radius 1 is 0.857 bits per heavy atom. The van der Waals surface area contributed by atoms with Crippen LogP contribution in [0.1, 0.15) is 11.1 Å². The minimum atomic E-state index is -5.47. The molecule has 0 bridgehead atoms. The van der Waals surface area contributed by atoms with Gasteiger partial charge >= 0.3 is 15.5 Å². The van der Waals surface area contributed by atoms with Gasteiger partial charge in [0.15, 0.2) is 0 Å². The van der Waals surface area contributed by atoms with Gasteiger partial charge in [0.2, 0.25) is 0 Å². The summed E-state index contributed by atoms with van der Waals surface area (Å²) in [6.07, 6.45) is 2.80. The van der Waals surface area contributed by atoms with Crippen LogP contribution in [0.15, 0.2) is 91.1 Å². The average Bonchev–Trinajstić information content (AvgIpc) is 3.14. The Balaban J connectivity index is 1.53. The summed E-state index contributed by atoms with van der Waals surface area (Å²) in [5, 5.41) is 3.39. The number of aryl methyl sites for hydroxylation is 1. The number of nitrogens with one attached hydrogen (secondary N) is 1. The van der Waals surface area contributed by atoms with Crippen LogP contribution in [0.4, 0.5) is 18.9 Å². The second-order valence-corrected chi connectivity index (χ2v) is 10.1. The van der Waals surface area contributed by atoms with Gasteiger partial charge in [0, 0.05) is 29.8 Å². The van der Waals surface area contributed by atoms with E-state index in [0.717, 1.165) is 27.6 Å². The zero-order valence-corrected chi connectivity index (χ0v) is 19.5. The van der Waals surface area contributed by atoms with Gasteiger partial charge in [0.05, 0.1) is 0 Å². The Labute approximate surface area is 200 Å². The van der Waals surface area contributed by atoms with Gasteiger partial charge in [-0.05, 0) is 57.6 Å². The Kier molecular flexibility index (Phi) is 5.56. The second kappa shape index (κ2) is 8.46. The first-order valence-corrected chi connectivity index (χ1v) is 12.3. The summed E-state index contributed by atoms with van der Waals surface area (Å²) in [6, 6.07) is 26.4. The number of hydrogen-bond donors (Lipinski definition) is 1. The monoisotopic (exact) mass is 494 g/mol. The molecule has 0 aliphatic rings. The molecule has 1 heterocycles. The van der Waals surface area contributed by atoms with E-state index in [-0.39, 0.29) is 5.69 Å². The van der Waals surface area contributed by atoms with Crippen LogP contribution in [0.5, 0.6) is 0 Å². The highest BCUT2D eigenvalue weighted by Gasteiger charge is 2.46. The number of nitrogens with zero attached hydrogens (tertiary/aromatic N) is 1. The Hall–Kier alpha value is -3.78. The van der Waals surface area contributed by atoms with Gasteiger partial charge in [0.1, 0.15) is 0 Å². The molecular weight excluding hydrogens is 473 g/mol. The van der Waals surface area contributed by atoms with Crippen molar-refractivity contribution in [1.82, 2.24) is 4.57 Å². The third-order valence-electron chi connectivity index (χ3n) is 6.05. The number of aromatic nitrogens is 1. The van der Waals surface area contributed by atoms with Crippen molar-refractivity contribution in [1.29, 1.82) is 0 Å². The van der Waals surface area contributed by atoms with E-state index >= 15 is 0 Å². The predicted octanol–water partition coefficient (Wildman–Crippen LogP) is 6.85. The number of hydrogen-bond acceptors (Lipinski definition) is 2. The number of fused-ring (bicyclic) bond motifs is 2. The fraction of sp³-hybridized carbons (Fsp3) is 0.111. The summed E-state index contributed by atoms with van der Waals surface area (Å²) in [7, 11) is -3.49. The molecule has 0 radical (unpaired) electrons. The minimum Gasteiger partial charge on any atom is -0.350 e. The molecule has 8 heteroatoms. The number of rotatable bonds is 5. The van der Waals surface area contributed by atoms with Gasteiger partial charge in [-0.1, -0.05) is 66.7 Å². The molecule has 0 fully saturated rings. The number of benzene rings is 4. The molecule has 0 unspecified atom stereocenters. The van der Waals surface area contributed by atoms with Crippen molar-refractivity contribution in [2.75, 3.05) is 4.72 Å². The summed E-state index contributed by atoms with van der Waals surface area (Å²) in [5.41, 5.74) is -0.513. The zero-order chi connectivity index (χ0) is 24.8. The Morgan fingerprint density at radius 2 is 1.57 bits per heavy atom. The molecule has 4 nitrogen and oxygen atoms in total. The summed E-state index contributed by atoms with van der Waals surface area (Å²) in [6.45, 7) is 0. The fourth-order valence-corrected chi connectivity index (χ4v) is 4.98. The van der Waals surface area contributed by atoms with Crippen LogP contribution >= 0.6 is 0 Å². The summed E-state index contributed by atoms with van der Waals surface area (Å²) >= 11 is 0. The number of alkyl halides is 3. The van der Waals surface area contributed by atoms with Crippen molar-refractivity contribution >= 4 is 37.4 Å². The lowest BCUT2D eigenvalue weighted by atomic mass is 9.95. The molecule has 0 atom stereocenters. The van der Waals surface area contributed by atoms with Crippen molar-refractivity contribution in [2.45, 2.75) is 11.9 Å². The molecule has 0 aliphatic heterocycles. The van der Waals surface area contributed by atoms with Crippen molar-refractivity contribution in [3.63, 3.8) is 0 Å². The van der Waals surface area contributed by atoms with Crippen LogP contribution in [0.3, 0.4) is 0 Å². The molecule has 4 aromatic carbocycles. The van der Waals surface area contributed by atoms with Crippen LogP contribution in [0.2, 0.25) is 0 Å². The van der Waals surface area contributed by atoms with Gasteiger partial charge in [-0.25, -0.2) is 0 Å². The third-order valence-corrected chi connectivity index (χ3v) is 7.17. The lowest BCUT2D eigenvalue weighted by Crippen LogP contribution is -2.29. The topological polar surface area (TPSA) is 51.1 Å². The standard InChI is InChI=1S/C27H21F3N2O2S/c1-32-17-22(16-18-9-10-19-5-2-3-6-21(19)15-18)26-24(7-4-8-25(26)32)20-11-13-23(14-12-20)31-35(33,34)27(28,29)30/h2-15,17,31H,16H2,1H3. The SMILES string of the molecule is Cn1cc(Cc2ccc3ccccc3c2)c2c(-c3ccc(NS(=O)(=O)C(F)(F)F)cc3)cccc21. The number of halogens is 3. The van der Waals surface area contributed by atoms with E-state index in [1.807, 2.05) is 37.4 Å². The summed E-state index contributed by atoms with van der Waals surface area (Å²) < 4.78 is 64.6. The highest BCUT2D eigenvalue weighted by atomic mass is 32.2. The van der Waals surface area contributed by atoms with E-state index in [1.54, 1.807) is 16.9 Å². The van der Waals surface area contributed by atoms with E-state index < -0.39 is 15.5 Å². The minimum absolute atomic E-state index is 0.150. The fourth-order valence-electron chi connectivity index (χ4n) is 4.41. The van der Waals surface area contributed by atoms with E-state index in [2.05, 4.69) is 41.1 Å². The van der Waals surface area contributed by atoms with Crippen molar-refractivity contribution in [2.24, 2.45) is 7.05 Å². The van der Waals surface area contributed by atoms with E-state index in [9.17, 15) is 21.6 Å². The van der Waals surface area contributed by atoms with Crippen LogP contribution in [0.25, 0.3) is 32.8 Å². The first-order chi connectivity index (χ1) is 16.6. The van der Waals surface area contributed by atoms with Crippen LogP contribution < -0.4 is 4.72 Å². The third kappa shape index (κ3) is 4.37. The maximum absolute atomic E-state index is 12.7. The molecule has 1 aromatic heterocycles. The molecule has 0 amide bonds. The molecule has 0 spiro atoms. The van der Waals surface area contributed by atoms with Crippen LogP contribution in [0, 0.1) is 0 Å². The van der Waals surface area contributed by atoms with Gasteiger partial charge in [0.25, 0.3) is 0 Å². The maximum atomic E-state index is 12.7. The first-order valence-electron chi connectivity index (χ1n) is 10.9. The molecule has 35 heavy (non-hydrogen) atoms. The van der Waals surface area contributed by atoms with Gasteiger partial charge in [-0.15, -0.1) is 0 Å². The molecule has 5 rings (SSSR count). The highest BCUT2D eigenvalue weighted by molar-refractivity contribution is 7.93. The zero-order valence-electron chi connectivity index (χ0n) is 18.7. The normalized spacial score (nSPS) is 12.3. The second-order valence-electron chi connectivity index (χ2n) is 8.45. The molecule has 1 N–H and O–H groups in total. The van der Waals surface area contributed by atoms with Crippen LogP contribution in [-0.4, -0.2) is 18.5 Å². The van der Waals surface area contributed by atoms with Gasteiger partial charge in [-0.2, -0.15) is 21.6 Å². The largest absolute Gasteiger partial charge is 0.516 e. The molecule has 0 saturated carbocycles. The molecule has 0 aliphatic carbocycles. The lowest BCUT2D eigenvalue weighted by Gasteiger charge is -2.12. The van der Waals surface area contributed by atoms with Crippen molar-refractivity contribution in [3.8, 4) is 11.1 Å². The highest BCUT2D eigenvalue weighted by Crippen LogP contribution is 2.35. The van der Waals surface area contributed by atoms with Gasteiger partial charge in [-0.3, -0.25) is 4.72 Å². The quantitative estimate of drug-likeness (QED) is 0.291. The van der Waals surface area contributed by atoms with E-state index in [0.29, 0.717) is 6.42 Å². The maximum Gasteiger partial charge on any atom is 0.516 e. The van der Waals surface area contributed by atoms with Gasteiger partial charge < -0.3 is 4.57 Å². The smallest absolute Gasteiger partial charge is 0.350 e. The summed E-state index contributed by atoms with van der Waals surface area (Å²) in [5.74, 6) is 0. The molecular formula is C27H21F3N2O2S. The Morgan fingerprint density at radius 3 is 2.29 bits per heavy atom. The van der Waals surface area contributed by atoms with Crippen molar-refractivity contribution < 1.29 is 21.6 Å². The van der Waals surface area contributed by atoms with E-state index in [4.69, 9.17) is 0 Å². The van der Waals surface area contributed by atoms with Crippen LogP contribution in [-0.2, 0) is 23.5 Å². The summed E-state index contributed by atoms with van der Waals surface area (Å²) in [4.78, 5) is 0. The van der Waals surface area contributed by atoms with Crippen molar-refractivity contribution in [3.05, 3.63) is 102 Å². The molecule has 0 saturated heterocycles. The van der Waals surface area contributed by atoms with E-state index in [1.165, 1.54) is 28.5 Å². The lowest BCUT2D eigenvalue weighted by molar-refractivity contribution is -0.0429. The molecule has 5 aromatic rings.